The molecule has 0 radical (unpaired) electrons. The van der Waals surface area contributed by atoms with E-state index in [2.05, 4.69) is 286 Å². The Labute approximate surface area is 599 Å². The predicted octanol–water partition coefficient (Wildman–Crippen LogP) is 5.90. The summed E-state index contributed by atoms with van der Waals surface area (Å²) >= 11 is 0. The molecule has 0 saturated carbocycles. The predicted molar refractivity (Wildman–Crippen MR) is 376 cm³/mol. The molecule has 95 heavy (non-hydrogen) atoms. The second-order valence-electron chi connectivity index (χ2n) is 26.8. The monoisotopic (exact) mass is 1460 g/mol. The molecule has 498 valence electrons. The topological polar surface area (TPSA) is 60.9 Å². The summed E-state index contributed by atoms with van der Waals surface area (Å²) in [5, 5.41) is 0. The van der Waals surface area contributed by atoms with Gasteiger partial charge in [0.25, 0.3) is 0 Å². The van der Waals surface area contributed by atoms with Crippen molar-refractivity contribution in [1.82, 2.24) is 14.7 Å². The fourth-order valence-electron chi connectivity index (χ4n) is 14.0. The number of halogens is 3. The Balaban J connectivity index is 0.000000201. The molecule has 3 aliphatic heterocycles. The molecule has 9 aromatic rings. The third-order valence-corrected chi connectivity index (χ3v) is 20.3. The molecule has 0 spiro atoms. The lowest BCUT2D eigenvalue weighted by atomic mass is 9.88. The maximum Gasteiger partial charge on any atom is 0.223 e. The average molecular weight is 1470 g/mol. The van der Waals surface area contributed by atoms with Crippen LogP contribution in [0.4, 0.5) is 0 Å². The molecule has 3 aliphatic rings. The summed E-state index contributed by atoms with van der Waals surface area (Å²) in [5.41, 5.74) is 11.3. The number of benzene rings is 9. The largest absolute Gasteiger partial charge is 1.00 e. The highest BCUT2D eigenvalue weighted by molar-refractivity contribution is 5.79. The quantitative estimate of drug-likeness (QED) is 0.101. The first kappa shape index (κ1) is 75.1. The molecule has 3 amide bonds. The van der Waals surface area contributed by atoms with Crippen molar-refractivity contribution in [2.24, 2.45) is 0 Å². The van der Waals surface area contributed by atoms with Gasteiger partial charge in [-0.15, -0.1) is 0 Å². The summed E-state index contributed by atoms with van der Waals surface area (Å²) in [6.45, 7) is 16.5. The molecule has 3 heterocycles. The van der Waals surface area contributed by atoms with E-state index in [1.807, 2.05) is 36.4 Å². The van der Waals surface area contributed by atoms with Crippen LogP contribution in [0.5, 0.6) is 0 Å². The first-order valence-electron chi connectivity index (χ1n) is 33.6. The fraction of sp³-hybridized carbons (Fsp3) is 0.313. The highest BCUT2D eigenvalue weighted by atomic mass is 79.9. The zero-order chi connectivity index (χ0) is 64.2. The van der Waals surface area contributed by atoms with Gasteiger partial charge in [-0.05, 0) is 47.2 Å². The van der Waals surface area contributed by atoms with Crippen molar-refractivity contribution < 1.29 is 78.8 Å². The highest BCUT2D eigenvalue weighted by Gasteiger charge is 2.40. The van der Waals surface area contributed by atoms with Gasteiger partial charge in [-0.3, -0.25) is 14.4 Å². The zero-order valence-electron chi connectivity index (χ0n) is 56.2. The number of quaternary nitrogens is 3. The van der Waals surface area contributed by atoms with Crippen LogP contribution >= 0.6 is 0 Å². The van der Waals surface area contributed by atoms with E-state index in [0.29, 0.717) is 25.3 Å². The van der Waals surface area contributed by atoms with Gasteiger partial charge >= 0.3 is 0 Å². The number of carbonyl (C=O) groups excluding carboxylic acids is 3. The van der Waals surface area contributed by atoms with Crippen molar-refractivity contribution in [2.75, 3.05) is 99.7 Å². The van der Waals surface area contributed by atoms with E-state index in [1.54, 1.807) is 0 Å². The van der Waals surface area contributed by atoms with Gasteiger partial charge in [0, 0.05) is 53.7 Å². The van der Waals surface area contributed by atoms with Gasteiger partial charge in [0.2, 0.25) is 17.7 Å². The molecule has 0 bridgehead atoms. The lowest BCUT2D eigenvalue weighted by Crippen LogP contribution is -3.00. The third kappa shape index (κ3) is 20.6. The lowest BCUT2D eigenvalue weighted by molar-refractivity contribution is -0.937. The summed E-state index contributed by atoms with van der Waals surface area (Å²) in [5.74, 6) is 1.08. The van der Waals surface area contributed by atoms with Crippen molar-refractivity contribution in [3.8, 4) is 0 Å². The standard InChI is InChI=1S/C33H35N2O.C27H31N2O.C23H31N2O.3BrH/c1-35(33(29-18-10-4-11-19-29)30-20-12-5-13-21-30)24-22-34(23-25-35)32(36)26-31(27-14-6-2-7-15-27)28-16-8-3-9-17-28;1-29(22-23-11-5-2-6-12-23)19-17-28(18-20-29)27(30)21-26(24-13-7-3-8-14-24)25-15-9-4-10-16-25;1-19(2)25(3)16-14-24(15-17-25)23(26)18-22(20-10-6-4-7-11-20)21-12-8-5-9-13-21;;;/h2-21,31,33H,22-26H2,1H3;2-16,26H,17-22H2,1H3;4-13,19,22H,14-18H2,1-3H3;3*1H/q3*+1;;;/p-3. The van der Waals surface area contributed by atoms with Gasteiger partial charge in [-0.25, -0.2) is 0 Å². The highest BCUT2D eigenvalue weighted by Crippen LogP contribution is 2.37. The van der Waals surface area contributed by atoms with Gasteiger partial charge in [-0.1, -0.05) is 273 Å². The summed E-state index contributed by atoms with van der Waals surface area (Å²) < 4.78 is 2.96. The molecule has 12 heteroatoms. The van der Waals surface area contributed by atoms with Crippen LogP contribution in [0.2, 0.25) is 0 Å². The van der Waals surface area contributed by atoms with Crippen LogP contribution < -0.4 is 50.9 Å². The van der Waals surface area contributed by atoms with Gasteiger partial charge in [0.15, 0.2) is 0 Å². The van der Waals surface area contributed by atoms with Crippen LogP contribution in [0, 0.1) is 0 Å². The van der Waals surface area contributed by atoms with Crippen LogP contribution in [0.1, 0.15) is 107 Å². The molecule has 9 aromatic carbocycles. The normalized spacial score (nSPS) is 15.4. The van der Waals surface area contributed by atoms with E-state index in [1.165, 1.54) is 50.1 Å². The van der Waals surface area contributed by atoms with E-state index in [9.17, 15) is 14.4 Å². The van der Waals surface area contributed by atoms with Crippen molar-refractivity contribution in [2.45, 2.75) is 69.5 Å². The van der Waals surface area contributed by atoms with Crippen LogP contribution in [0.15, 0.2) is 273 Å². The second-order valence-corrected chi connectivity index (χ2v) is 26.8. The van der Waals surface area contributed by atoms with E-state index in [0.717, 1.165) is 98.5 Å². The minimum atomic E-state index is 0. The molecular weight excluding hydrogens is 1370 g/mol. The molecule has 0 aromatic heterocycles. The summed E-state index contributed by atoms with van der Waals surface area (Å²) in [6, 6.07) is 95.7. The fourth-order valence-corrected chi connectivity index (χ4v) is 14.0. The molecule has 12 rings (SSSR count). The van der Waals surface area contributed by atoms with Crippen molar-refractivity contribution in [1.29, 1.82) is 0 Å². The van der Waals surface area contributed by atoms with Crippen LogP contribution in [0.3, 0.4) is 0 Å². The maximum atomic E-state index is 13.6. The van der Waals surface area contributed by atoms with Gasteiger partial charge in [0.05, 0.1) is 106 Å². The Bertz CT molecular complexity index is 3490. The van der Waals surface area contributed by atoms with Crippen LogP contribution in [-0.4, -0.2) is 152 Å². The maximum absolute atomic E-state index is 13.6. The Hall–Kier alpha value is -7.29. The molecule has 0 unspecified atom stereocenters. The number of piperazine rings is 3. The molecule has 9 nitrogen and oxygen atoms in total. The van der Waals surface area contributed by atoms with Gasteiger partial charge in [0.1, 0.15) is 12.6 Å². The smallest absolute Gasteiger partial charge is 0.223 e. The van der Waals surface area contributed by atoms with Crippen molar-refractivity contribution >= 4 is 17.7 Å². The van der Waals surface area contributed by atoms with E-state index >= 15 is 0 Å². The summed E-state index contributed by atoms with van der Waals surface area (Å²) in [7, 11) is 6.97. The summed E-state index contributed by atoms with van der Waals surface area (Å²) in [6.07, 6.45) is 1.56. The molecule has 0 N–H and O–H groups in total. The molecule has 0 atom stereocenters. The molecule has 3 saturated heterocycles. The van der Waals surface area contributed by atoms with Gasteiger partial charge in [-0.2, -0.15) is 0 Å². The molecule has 3 fully saturated rings. The second kappa shape index (κ2) is 36.7. The van der Waals surface area contributed by atoms with Crippen LogP contribution in [-0.2, 0) is 20.9 Å². The third-order valence-electron chi connectivity index (χ3n) is 20.3. The van der Waals surface area contributed by atoms with Crippen LogP contribution in [0.25, 0.3) is 0 Å². The number of carbonyl (C=O) groups is 3. The van der Waals surface area contributed by atoms with E-state index < -0.39 is 0 Å². The van der Waals surface area contributed by atoms with E-state index in [4.69, 9.17) is 0 Å². The van der Waals surface area contributed by atoms with Crippen molar-refractivity contribution in [3.63, 3.8) is 0 Å². The Morgan fingerprint density at radius 2 is 0.516 bits per heavy atom. The first-order valence-corrected chi connectivity index (χ1v) is 33.6. The Morgan fingerprint density at radius 3 is 0.758 bits per heavy atom. The number of amides is 3. The number of hydrogen-bond donors (Lipinski definition) is 0. The van der Waals surface area contributed by atoms with Crippen molar-refractivity contribution in [3.05, 3.63) is 323 Å². The zero-order valence-corrected chi connectivity index (χ0v) is 61.0. The minimum Gasteiger partial charge on any atom is -1.00 e. The number of likely N-dealkylation sites (N-methyl/N-ethyl adjacent to an activating group) is 3. The summed E-state index contributed by atoms with van der Waals surface area (Å²) in [4.78, 5) is 46.1. The minimum absolute atomic E-state index is 0. The Kier molecular flexibility index (Phi) is 29.0. The Morgan fingerprint density at radius 1 is 0.305 bits per heavy atom. The number of rotatable bonds is 18. The molecular formula is C83H97Br3N6O3. The SMILES string of the molecule is CC(C)[N+]1(C)CCN(C(=O)CC(c2ccccc2)c2ccccc2)CC1.C[N+]1(C(c2ccccc2)c2ccccc2)CCN(C(=O)CC(c2ccccc2)c2ccccc2)CC1.C[N+]1(Cc2ccccc2)CCN(C(=O)CC(c2ccccc2)c2ccccc2)CC1.[Br-].[Br-].[Br-]. The lowest BCUT2D eigenvalue weighted by Gasteiger charge is -2.47. The average Bonchev–Trinajstić information content (AvgIpc) is 0.816. The first-order chi connectivity index (χ1) is 44.8. The van der Waals surface area contributed by atoms with E-state index in [-0.39, 0.29) is 92.5 Å². The molecule has 0 aliphatic carbocycles. The number of nitrogens with zero attached hydrogens (tertiary/aromatic N) is 6. The van der Waals surface area contributed by atoms with Gasteiger partial charge < -0.3 is 79.1 Å². The number of hydrogen-bond acceptors (Lipinski definition) is 3.